The third-order valence-corrected chi connectivity index (χ3v) is 10.8. The number of benzene rings is 2. The molecule has 3 aromatic heterocycles. The first kappa shape index (κ1) is 33.7. The Kier molecular flexibility index (Phi) is 9.13. The van der Waals surface area contributed by atoms with Crippen LogP contribution in [0.25, 0.3) is 32.2 Å². The van der Waals surface area contributed by atoms with Gasteiger partial charge in [-0.15, -0.1) is 11.3 Å². The number of hydrogen-bond donors (Lipinski definition) is 1. The van der Waals surface area contributed by atoms with Crippen LogP contribution in [0.15, 0.2) is 35.1 Å². The van der Waals surface area contributed by atoms with E-state index in [4.69, 9.17) is 27.9 Å². The molecular weight excluding hydrogens is 671 g/mol. The number of halogens is 2. The molecule has 0 radical (unpaired) electrons. The molecule has 5 aromatic rings. The van der Waals surface area contributed by atoms with E-state index in [0.29, 0.717) is 67.6 Å². The number of anilines is 1. The number of ether oxygens (including phenoxy) is 1. The van der Waals surface area contributed by atoms with Crippen LogP contribution in [0.4, 0.5) is 5.69 Å². The van der Waals surface area contributed by atoms with Crippen LogP contribution in [0, 0.1) is 32.1 Å². The largest absolute Gasteiger partial charge is 0.491 e. The zero-order valence-corrected chi connectivity index (χ0v) is 29.7. The number of carboxylic acid groups (broad SMARTS) is 1. The molecule has 0 amide bonds. The van der Waals surface area contributed by atoms with E-state index in [2.05, 4.69) is 46.7 Å². The first-order valence-corrected chi connectivity index (χ1v) is 17.0. The molecule has 13 heteroatoms. The molecule has 0 bridgehead atoms. The molecule has 10 nitrogen and oxygen atoms in total. The Balaban J connectivity index is 1.36. The molecule has 1 aliphatic heterocycles. The molecule has 1 saturated heterocycles. The van der Waals surface area contributed by atoms with E-state index < -0.39 is 5.97 Å². The number of likely N-dealkylation sites (N-methyl/N-ethyl adjacent to an activating group) is 1. The van der Waals surface area contributed by atoms with E-state index in [0.717, 1.165) is 10.3 Å². The molecule has 1 aliphatic rings. The molecule has 2 atom stereocenters. The predicted molar refractivity (Wildman–Crippen MR) is 191 cm³/mol. The van der Waals surface area contributed by atoms with Crippen molar-refractivity contribution in [3.05, 3.63) is 78.3 Å². The Morgan fingerprint density at radius 3 is 2.48 bits per heavy atom. The Hall–Kier alpha value is -4.21. The van der Waals surface area contributed by atoms with Crippen LogP contribution in [-0.2, 0) is 6.54 Å². The summed E-state index contributed by atoms with van der Waals surface area (Å²) in [5.74, 6) is -0.0563. The molecule has 0 unspecified atom stereocenters. The Labute approximate surface area is 291 Å². The second-order valence-electron chi connectivity index (χ2n) is 12.3. The lowest BCUT2D eigenvalue weighted by Crippen LogP contribution is -2.55. The van der Waals surface area contributed by atoms with Gasteiger partial charge in [-0.05, 0) is 72.0 Å². The lowest BCUT2D eigenvalue weighted by molar-refractivity contribution is 0.0698. The fraction of sp³-hybridized carbons (Fsp3) is 0.343. The second-order valence-corrected chi connectivity index (χ2v) is 14.4. The van der Waals surface area contributed by atoms with Crippen LogP contribution >= 0.6 is 34.5 Å². The number of pyridine rings is 1. The molecule has 2 aromatic carbocycles. The van der Waals surface area contributed by atoms with Gasteiger partial charge in [0.2, 0.25) is 0 Å². The van der Waals surface area contributed by atoms with Gasteiger partial charge in [-0.2, -0.15) is 5.26 Å². The third-order valence-electron chi connectivity index (χ3n) is 9.12. The molecule has 0 aliphatic carbocycles. The number of hydrogen-bond acceptors (Lipinski definition) is 9. The van der Waals surface area contributed by atoms with E-state index in [-0.39, 0.29) is 47.3 Å². The van der Waals surface area contributed by atoms with Crippen molar-refractivity contribution in [1.82, 2.24) is 19.4 Å². The highest BCUT2D eigenvalue weighted by atomic mass is 35.5. The van der Waals surface area contributed by atoms with E-state index >= 15 is 0 Å². The van der Waals surface area contributed by atoms with Crippen LogP contribution in [-0.4, -0.2) is 69.3 Å². The van der Waals surface area contributed by atoms with Gasteiger partial charge in [-0.1, -0.05) is 23.2 Å². The zero-order chi connectivity index (χ0) is 34.6. The molecule has 248 valence electrons. The number of aromatic carboxylic acids is 1. The number of nitrogens with zero attached hydrogens (tertiary/aromatic N) is 6. The number of fused-ring (bicyclic) bond motifs is 2. The summed E-state index contributed by atoms with van der Waals surface area (Å²) in [5.41, 5.74) is 3.50. The molecule has 1 N–H and O–H groups in total. The standard InChI is InChI=1S/C35H34Cl2N6O4S/c1-17-11-24(33-31(39-17)29(35(45)46)20(4)48-33)23-12-22(36)7-8-28(23)47-10-9-43-21(5)40-27-13-26(37)32(25(14-38)30(27)34(43)44)42-15-18(2)41(6)19(3)16-42/h7-8,11-13,18-19H,9-10,15-16H2,1-6H3,(H,45,46)/t18-,19+. The zero-order valence-electron chi connectivity index (χ0n) is 27.4. The van der Waals surface area contributed by atoms with Crippen molar-refractivity contribution in [1.29, 1.82) is 5.26 Å². The van der Waals surface area contributed by atoms with Gasteiger partial charge >= 0.3 is 5.97 Å². The summed E-state index contributed by atoms with van der Waals surface area (Å²) < 4.78 is 8.53. The Morgan fingerprint density at radius 1 is 1.10 bits per heavy atom. The first-order valence-electron chi connectivity index (χ1n) is 15.5. The Morgan fingerprint density at radius 2 is 1.81 bits per heavy atom. The highest BCUT2D eigenvalue weighted by molar-refractivity contribution is 7.20. The van der Waals surface area contributed by atoms with Crippen molar-refractivity contribution >= 4 is 67.3 Å². The minimum atomic E-state index is -1.03. The smallest absolute Gasteiger partial charge is 0.339 e. The lowest BCUT2D eigenvalue weighted by atomic mass is 10.0. The van der Waals surface area contributed by atoms with Gasteiger partial charge in [0.25, 0.3) is 5.56 Å². The van der Waals surface area contributed by atoms with Crippen molar-refractivity contribution in [2.24, 2.45) is 0 Å². The van der Waals surface area contributed by atoms with Crippen LogP contribution in [0.1, 0.15) is 46.2 Å². The quantitative estimate of drug-likeness (QED) is 0.189. The van der Waals surface area contributed by atoms with E-state index in [1.54, 1.807) is 38.1 Å². The number of nitriles is 1. The number of aromatic nitrogens is 3. The predicted octanol–water partition coefficient (Wildman–Crippen LogP) is 7.08. The van der Waals surface area contributed by atoms with Crippen LogP contribution in [0.2, 0.25) is 10.0 Å². The topological polar surface area (TPSA) is 125 Å². The second kappa shape index (κ2) is 13.0. The fourth-order valence-electron chi connectivity index (χ4n) is 6.56. The molecule has 48 heavy (non-hydrogen) atoms. The number of piperazine rings is 1. The normalized spacial score (nSPS) is 16.9. The van der Waals surface area contributed by atoms with Crippen LogP contribution in [0.3, 0.4) is 0 Å². The molecular formula is C35H34Cl2N6O4S. The summed E-state index contributed by atoms with van der Waals surface area (Å²) in [7, 11) is 2.08. The molecule has 1 fully saturated rings. The summed E-state index contributed by atoms with van der Waals surface area (Å²) in [6, 6.07) is 11.5. The monoisotopic (exact) mass is 704 g/mol. The summed E-state index contributed by atoms with van der Waals surface area (Å²) in [5, 5.41) is 21.3. The number of rotatable bonds is 7. The molecule has 0 spiro atoms. The van der Waals surface area contributed by atoms with Gasteiger partial charge in [0.15, 0.2) is 0 Å². The molecule has 0 saturated carbocycles. The van der Waals surface area contributed by atoms with Gasteiger partial charge < -0.3 is 14.7 Å². The van der Waals surface area contributed by atoms with Gasteiger partial charge in [0, 0.05) is 51.9 Å². The van der Waals surface area contributed by atoms with E-state index in [1.165, 1.54) is 15.9 Å². The van der Waals surface area contributed by atoms with Gasteiger partial charge in [0.1, 0.15) is 24.3 Å². The van der Waals surface area contributed by atoms with Gasteiger partial charge in [0.05, 0.1) is 49.5 Å². The number of carbonyl (C=O) groups is 1. The van der Waals surface area contributed by atoms with Gasteiger partial charge in [-0.3, -0.25) is 19.2 Å². The SMILES string of the molecule is Cc1cc(-c2cc(Cl)ccc2OCCn2c(C)nc3cc(Cl)c(N4C[C@@H](C)N(C)[C@@H](C)C4)c(C#N)c3c2=O)c2sc(C)c(C(=O)O)c2n1. The maximum Gasteiger partial charge on any atom is 0.339 e. The van der Waals surface area contributed by atoms with Gasteiger partial charge in [-0.25, -0.2) is 9.78 Å². The van der Waals surface area contributed by atoms with Crippen molar-refractivity contribution < 1.29 is 14.6 Å². The number of aryl methyl sites for hydroxylation is 3. The number of carboxylic acids is 1. The summed E-state index contributed by atoms with van der Waals surface area (Å²) >= 11 is 14.6. The van der Waals surface area contributed by atoms with Crippen molar-refractivity contribution in [2.45, 2.75) is 53.2 Å². The minimum absolute atomic E-state index is 0.107. The summed E-state index contributed by atoms with van der Waals surface area (Å²) in [4.78, 5) is 40.4. The third kappa shape index (κ3) is 5.87. The average molecular weight is 706 g/mol. The Bertz CT molecular complexity index is 2210. The molecule has 6 rings (SSSR count). The maximum atomic E-state index is 14.1. The molecule has 4 heterocycles. The first-order chi connectivity index (χ1) is 22.8. The van der Waals surface area contributed by atoms with E-state index in [9.17, 15) is 20.0 Å². The van der Waals surface area contributed by atoms with Crippen molar-refractivity contribution in [2.75, 3.05) is 31.6 Å². The highest BCUT2D eigenvalue weighted by Gasteiger charge is 2.31. The van der Waals surface area contributed by atoms with Crippen molar-refractivity contribution in [3.8, 4) is 22.9 Å². The van der Waals surface area contributed by atoms with Crippen molar-refractivity contribution in [3.63, 3.8) is 0 Å². The minimum Gasteiger partial charge on any atom is -0.491 e. The van der Waals surface area contributed by atoms with Crippen LogP contribution in [0.5, 0.6) is 5.75 Å². The summed E-state index contributed by atoms with van der Waals surface area (Å²) in [6.07, 6.45) is 0. The lowest BCUT2D eigenvalue weighted by Gasteiger charge is -2.44. The highest BCUT2D eigenvalue weighted by Crippen LogP contribution is 2.42. The average Bonchev–Trinajstić information content (AvgIpc) is 3.36. The number of thiophene rings is 1. The summed E-state index contributed by atoms with van der Waals surface area (Å²) in [6.45, 7) is 11.2. The van der Waals surface area contributed by atoms with E-state index in [1.807, 2.05) is 13.0 Å². The maximum absolute atomic E-state index is 14.1. The fourth-order valence-corrected chi connectivity index (χ4v) is 8.16. The van der Waals surface area contributed by atoms with Crippen LogP contribution < -0.4 is 15.2 Å².